The third-order valence-electron chi connectivity index (χ3n) is 3.45. The van der Waals surface area contributed by atoms with Gasteiger partial charge in [-0.05, 0) is 25.5 Å². The summed E-state index contributed by atoms with van der Waals surface area (Å²) < 4.78 is 26.8. The number of halogens is 3. The van der Waals surface area contributed by atoms with E-state index < -0.39 is 11.6 Å². The minimum atomic E-state index is -0.564. The molecule has 2 rings (SSSR count). The fourth-order valence-electron chi connectivity index (χ4n) is 2.47. The summed E-state index contributed by atoms with van der Waals surface area (Å²) in [5.74, 6) is 2.03. The molecule has 1 atom stereocenters. The van der Waals surface area contributed by atoms with E-state index in [-0.39, 0.29) is 30.0 Å². The smallest absolute Gasteiger partial charge is 0.192 e. The molecule has 1 aliphatic heterocycles. The topological polar surface area (TPSA) is 39.7 Å². The van der Waals surface area contributed by atoms with Crippen LogP contribution in [0.2, 0.25) is 0 Å². The molecule has 1 aromatic rings. The second kappa shape index (κ2) is 9.55. The predicted octanol–water partition coefficient (Wildman–Crippen LogP) is 2.35. The standard InChI is InChI=1S/C16H20F2N4.HI/c1-3-8-20-16(19-4-2)21-13-7-9-22(11-13)15-6-5-12(17)10-14(15)18;/h1,5-6,10,13H,4,7-9,11H2,2H3,(H2,19,20,21);1H. The molecule has 1 saturated heterocycles. The molecule has 126 valence electrons. The van der Waals surface area contributed by atoms with Crippen molar-refractivity contribution in [2.24, 2.45) is 4.99 Å². The van der Waals surface area contributed by atoms with E-state index in [2.05, 4.69) is 21.5 Å². The van der Waals surface area contributed by atoms with E-state index in [1.54, 1.807) is 0 Å². The molecule has 2 N–H and O–H groups in total. The molecule has 0 aromatic heterocycles. The quantitative estimate of drug-likeness (QED) is 0.331. The summed E-state index contributed by atoms with van der Waals surface area (Å²) >= 11 is 0. The molecule has 4 nitrogen and oxygen atoms in total. The van der Waals surface area contributed by atoms with Gasteiger partial charge in [-0.2, -0.15) is 0 Å². The maximum Gasteiger partial charge on any atom is 0.192 e. The van der Waals surface area contributed by atoms with Gasteiger partial charge >= 0.3 is 0 Å². The molecule has 0 saturated carbocycles. The summed E-state index contributed by atoms with van der Waals surface area (Å²) in [5, 5.41) is 6.41. The zero-order valence-corrected chi connectivity index (χ0v) is 15.3. The number of nitrogens with one attached hydrogen (secondary N) is 2. The Balaban J connectivity index is 0.00000264. The fraction of sp³-hybridized carbons (Fsp3) is 0.438. The monoisotopic (exact) mass is 434 g/mol. The van der Waals surface area contributed by atoms with Gasteiger partial charge in [-0.3, -0.25) is 0 Å². The van der Waals surface area contributed by atoms with E-state index in [1.165, 1.54) is 12.1 Å². The summed E-state index contributed by atoms with van der Waals surface area (Å²) in [6.45, 7) is 4.34. The van der Waals surface area contributed by atoms with Gasteiger partial charge in [0.05, 0.1) is 5.69 Å². The van der Waals surface area contributed by atoms with Gasteiger partial charge in [0.2, 0.25) is 0 Å². The zero-order chi connectivity index (χ0) is 15.9. The van der Waals surface area contributed by atoms with Gasteiger partial charge in [-0.25, -0.2) is 13.8 Å². The average Bonchev–Trinajstić information content (AvgIpc) is 2.93. The lowest BCUT2D eigenvalue weighted by Gasteiger charge is -2.20. The molecule has 0 bridgehead atoms. The second-order valence-corrected chi connectivity index (χ2v) is 5.07. The van der Waals surface area contributed by atoms with Crippen molar-refractivity contribution in [2.45, 2.75) is 19.4 Å². The molecule has 0 spiro atoms. The van der Waals surface area contributed by atoms with Crippen LogP contribution in [0.1, 0.15) is 13.3 Å². The number of terminal acetylenes is 1. The van der Waals surface area contributed by atoms with E-state index in [0.29, 0.717) is 31.3 Å². The lowest BCUT2D eigenvalue weighted by molar-refractivity contribution is 0.580. The van der Waals surface area contributed by atoms with Crippen LogP contribution in [0.15, 0.2) is 23.2 Å². The molecule has 1 aromatic carbocycles. The molecule has 1 fully saturated rings. The molecule has 0 amide bonds. The Hall–Kier alpha value is -1.56. The minimum Gasteiger partial charge on any atom is -0.367 e. The van der Waals surface area contributed by atoms with Crippen molar-refractivity contribution >= 4 is 35.6 Å². The molecule has 1 heterocycles. The maximum absolute atomic E-state index is 13.8. The van der Waals surface area contributed by atoms with Crippen molar-refractivity contribution in [3.63, 3.8) is 0 Å². The Morgan fingerprint density at radius 2 is 2.26 bits per heavy atom. The lowest BCUT2D eigenvalue weighted by atomic mass is 10.2. The third kappa shape index (κ3) is 5.53. The largest absolute Gasteiger partial charge is 0.367 e. The van der Waals surface area contributed by atoms with Crippen LogP contribution in [0.3, 0.4) is 0 Å². The summed E-state index contributed by atoms with van der Waals surface area (Å²) in [6, 6.07) is 3.80. The first-order valence-electron chi connectivity index (χ1n) is 7.32. The third-order valence-corrected chi connectivity index (χ3v) is 3.45. The molecule has 1 aliphatic rings. The Morgan fingerprint density at radius 3 is 2.91 bits per heavy atom. The number of hydrogen-bond acceptors (Lipinski definition) is 2. The van der Waals surface area contributed by atoms with Gasteiger partial charge in [0.25, 0.3) is 0 Å². The van der Waals surface area contributed by atoms with E-state index in [4.69, 9.17) is 6.42 Å². The van der Waals surface area contributed by atoms with Gasteiger partial charge in [-0.15, -0.1) is 30.4 Å². The van der Waals surface area contributed by atoms with Crippen molar-refractivity contribution in [3.8, 4) is 12.3 Å². The Labute approximate surface area is 152 Å². The van der Waals surface area contributed by atoms with Gasteiger partial charge in [-0.1, -0.05) is 5.92 Å². The van der Waals surface area contributed by atoms with Gasteiger partial charge in [0, 0.05) is 31.7 Å². The second-order valence-electron chi connectivity index (χ2n) is 5.07. The predicted molar refractivity (Wildman–Crippen MR) is 100 cm³/mol. The molecular weight excluding hydrogens is 413 g/mol. The summed E-state index contributed by atoms with van der Waals surface area (Å²) in [6.07, 6.45) is 6.06. The summed E-state index contributed by atoms with van der Waals surface area (Å²) in [7, 11) is 0. The number of anilines is 1. The number of hydrogen-bond donors (Lipinski definition) is 2. The van der Waals surface area contributed by atoms with Gasteiger partial charge in [0.15, 0.2) is 5.96 Å². The first-order chi connectivity index (χ1) is 10.6. The van der Waals surface area contributed by atoms with E-state index in [9.17, 15) is 8.78 Å². The average molecular weight is 434 g/mol. The van der Waals surface area contributed by atoms with E-state index in [1.807, 2.05) is 11.8 Å². The molecule has 0 aliphatic carbocycles. The van der Waals surface area contributed by atoms with Crippen LogP contribution in [0.4, 0.5) is 14.5 Å². The van der Waals surface area contributed by atoms with E-state index >= 15 is 0 Å². The minimum absolute atomic E-state index is 0. The molecule has 7 heteroatoms. The molecule has 0 radical (unpaired) electrons. The van der Waals surface area contributed by atoms with Crippen molar-refractivity contribution in [3.05, 3.63) is 29.8 Å². The lowest BCUT2D eigenvalue weighted by Crippen LogP contribution is -2.44. The molecule has 23 heavy (non-hydrogen) atoms. The summed E-state index contributed by atoms with van der Waals surface area (Å²) in [4.78, 5) is 6.14. The van der Waals surface area contributed by atoms with Crippen LogP contribution in [-0.2, 0) is 0 Å². The number of guanidine groups is 1. The van der Waals surface area contributed by atoms with Crippen LogP contribution in [0.25, 0.3) is 0 Å². The van der Waals surface area contributed by atoms with Crippen LogP contribution in [-0.4, -0.2) is 38.2 Å². The van der Waals surface area contributed by atoms with Crippen molar-refractivity contribution in [1.29, 1.82) is 0 Å². The van der Waals surface area contributed by atoms with Gasteiger partial charge in [0.1, 0.15) is 18.2 Å². The number of rotatable bonds is 4. The normalized spacial score (nSPS) is 17.4. The summed E-state index contributed by atoms with van der Waals surface area (Å²) in [5.41, 5.74) is 0.427. The van der Waals surface area contributed by atoms with Crippen LogP contribution in [0.5, 0.6) is 0 Å². The maximum atomic E-state index is 13.8. The highest BCUT2D eigenvalue weighted by molar-refractivity contribution is 14.0. The first kappa shape index (κ1) is 19.5. The Morgan fingerprint density at radius 1 is 1.48 bits per heavy atom. The highest BCUT2D eigenvalue weighted by Gasteiger charge is 2.25. The molecule has 1 unspecified atom stereocenters. The Bertz CT molecular complexity index is 586. The van der Waals surface area contributed by atoms with Crippen LogP contribution in [0, 0.1) is 24.0 Å². The van der Waals surface area contributed by atoms with E-state index in [0.717, 1.165) is 19.0 Å². The first-order valence-corrected chi connectivity index (χ1v) is 7.32. The van der Waals surface area contributed by atoms with Crippen molar-refractivity contribution in [1.82, 2.24) is 10.6 Å². The number of aliphatic imine (C=N–C) groups is 1. The number of nitrogens with zero attached hydrogens (tertiary/aromatic N) is 2. The highest BCUT2D eigenvalue weighted by Crippen LogP contribution is 2.24. The molecular formula is C16H21F2IN4. The van der Waals surface area contributed by atoms with Crippen molar-refractivity contribution < 1.29 is 8.78 Å². The van der Waals surface area contributed by atoms with Gasteiger partial charge < -0.3 is 15.5 Å². The highest BCUT2D eigenvalue weighted by atomic mass is 127. The SMILES string of the molecule is C#CCN=C(NCC)NC1CCN(c2ccc(F)cc2F)C1.I. The Kier molecular flexibility index (Phi) is 8.09. The number of benzene rings is 1. The fourth-order valence-corrected chi connectivity index (χ4v) is 2.47. The van der Waals surface area contributed by atoms with Crippen molar-refractivity contribution in [2.75, 3.05) is 31.1 Å². The zero-order valence-electron chi connectivity index (χ0n) is 13.0. The van der Waals surface area contributed by atoms with Crippen LogP contribution >= 0.6 is 24.0 Å². The van der Waals surface area contributed by atoms with Crippen LogP contribution < -0.4 is 15.5 Å².